The minimum Gasteiger partial charge on any atom is -0.478 e. The van der Waals surface area contributed by atoms with Gasteiger partial charge in [0, 0.05) is 18.8 Å². The number of hydrogen-bond donors (Lipinski definition) is 1. The van der Waals surface area contributed by atoms with E-state index in [1.54, 1.807) is 12.3 Å². The molecule has 1 aromatic rings. The number of aromatic nitrogens is 2. The van der Waals surface area contributed by atoms with Crippen molar-refractivity contribution in [3.05, 3.63) is 12.3 Å². The molecular formula is C11H17N3O. The third-order valence-corrected chi connectivity index (χ3v) is 2.33. The van der Waals surface area contributed by atoms with Gasteiger partial charge >= 0.3 is 0 Å². The van der Waals surface area contributed by atoms with Crippen molar-refractivity contribution in [2.45, 2.75) is 26.2 Å². The van der Waals surface area contributed by atoms with Gasteiger partial charge in [-0.3, -0.25) is 0 Å². The molecule has 1 fully saturated rings. The van der Waals surface area contributed by atoms with Crippen LogP contribution in [0.4, 0.5) is 5.95 Å². The molecule has 1 N–H and O–H groups in total. The van der Waals surface area contributed by atoms with E-state index in [2.05, 4.69) is 22.2 Å². The van der Waals surface area contributed by atoms with Crippen LogP contribution in [-0.2, 0) is 0 Å². The van der Waals surface area contributed by atoms with Crippen molar-refractivity contribution in [2.75, 3.05) is 18.5 Å². The molecule has 15 heavy (non-hydrogen) atoms. The highest BCUT2D eigenvalue weighted by Gasteiger charge is 2.20. The number of nitrogens with zero attached hydrogens (tertiary/aromatic N) is 2. The van der Waals surface area contributed by atoms with Crippen LogP contribution in [-0.4, -0.2) is 23.1 Å². The van der Waals surface area contributed by atoms with Gasteiger partial charge in [0.05, 0.1) is 6.61 Å². The second-order valence-electron chi connectivity index (χ2n) is 3.89. The van der Waals surface area contributed by atoms with Crippen molar-refractivity contribution in [1.82, 2.24) is 9.97 Å². The van der Waals surface area contributed by atoms with Gasteiger partial charge in [0.2, 0.25) is 11.8 Å². The molecule has 0 aromatic carbocycles. The molecule has 4 nitrogen and oxygen atoms in total. The Labute approximate surface area is 90.1 Å². The average Bonchev–Trinajstić information content (AvgIpc) is 3.08. The standard InChI is InChI=1S/C11H17N3O/c1-2-7-15-10-5-6-12-11(14-10)13-8-9-3-4-9/h5-6,9H,2-4,7-8H2,1H3,(H,12,13,14). The Bertz CT molecular complexity index is 312. The van der Waals surface area contributed by atoms with Gasteiger partial charge in [-0.2, -0.15) is 4.98 Å². The molecule has 1 aromatic heterocycles. The molecule has 0 spiro atoms. The average molecular weight is 207 g/mol. The maximum atomic E-state index is 5.43. The van der Waals surface area contributed by atoms with E-state index in [1.807, 2.05) is 0 Å². The van der Waals surface area contributed by atoms with Crippen LogP contribution < -0.4 is 10.1 Å². The first kappa shape index (κ1) is 10.2. The Morgan fingerprint density at radius 2 is 2.40 bits per heavy atom. The first-order valence-electron chi connectivity index (χ1n) is 5.58. The van der Waals surface area contributed by atoms with E-state index < -0.39 is 0 Å². The fraction of sp³-hybridized carbons (Fsp3) is 0.636. The van der Waals surface area contributed by atoms with Crippen LogP contribution in [0, 0.1) is 5.92 Å². The first-order chi connectivity index (χ1) is 7.38. The maximum absolute atomic E-state index is 5.43. The highest BCUT2D eigenvalue weighted by Crippen LogP contribution is 2.28. The molecule has 0 saturated heterocycles. The summed E-state index contributed by atoms with van der Waals surface area (Å²) in [5.41, 5.74) is 0. The lowest BCUT2D eigenvalue weighted by Crippen LogP contribution is -2.07. The van der Waals surface area contributed by atoms with Crippen LogP contribution in [0.1, 0.15) is 26.2 Å². The molecule has 4 heteroatoms. The minimum atomic E-state index is 0.658. The smallest absolute Gasteiger partial charge is 0.225 e. The zero-order chi connectivity index (χ0) is 10.5. The summed E-state index contributed by atoms with van der Waals surface area (Å²) in [6.45, 7) is 3.77. The second-order valence-corrected chi connectivity index (χ2v) is 3.89. The lowest BCUT2D eigenvalue weighted by Gasteiger charge is -2.06. The third-order valence-electron chi connectivity index (χ3n) is 2.33. The Kier molecular flexibility index (Phi) is 3.37. The van der Waals surface area contributed by atoms with E-state index in [4.69, 9.17) is 4.74 Å². The molecule has 1 aliphatic rings. The third kappa shape index (κ3) is 3.38. The van der Waals surface area contributed by atoms with Crippen LogP contribution >= 0.6 is 0 Å². The molecule has 0 bridgehead atoms. The fourth-order valence-electron chi connectivity index (χ4n) is 1.27. The number of rotatable bonds is 6. The van der Waals surface area contributed by atoms with Gasteiger partial charge in [0.15, 0.2) is 0 Å². The van der Waals surface area contributed by atoms with Gasteiger partial charge < -0.3 is 10.1 Å². The summed E-state index contributed by atoms with van der Waals surface area (Å²) >= 11 is 0. The van der Waals surface area contributed by atoms with Gasteiger partial charge in [-0.15, -0.1) is 0 Å². The minimum absolute atomic E-state index is 0.658. The molecule has 0 unspecified atom stereocenters. The van der Waals surface area contributed by atoms with Gasteiger partial charge in [-0.25, -0.2) is 4.98 Å². The quantitative estimate of drug-likeness (QED) is 0.776. The van der Waals surface area contributed by atoms with Crippen molar-refractivity contribution < 1.29 is 4.74 Å². The predicted octanol–water partition coefficient (Wildman–Crippen LogP) is 2.09. The number of anilines is 1. The Hall–Kier alpha value is -1.32. The van der Waals surface area contributed by atoms with Crippen molar-refractivity contribution in [3.63, 3.8) is 0 Å². The summed E-state index contributed by atoms with van der Waals surface area (Å²) in [6, 6.07) is 1.79. The molecule has 82 valence electrons. The molecule has 1 heterocycles. The Morgan fingerprint density at radius 3 is 3.13 bits per heavy atom. The van der Waals surface area contributed by atoms with Crippen LogP contribution in [0.2, 0.25) is 0 Å². The summed E-state index contributed by atoms with van der Waals surface area (Å²) in [4.78, 5) is 8.41. The number of hydrogen-bond acceptors (Lipinski definition) is 4. The predicted molar refractivity (Wildman–Crippen MR) is 59.0 cm³/mol. The lowest BCUT2D eigenvalue weighted by molar-refractivity contribution is 0.305. The topological polar surface area (TPSA) is 47.0 Å². The summed E-state index contributed by atoms with van der Waals surface area (Å²) < 4.78 is 5.43. The van der Waals surface area contributed by atoms with Crippen LogP contribution in [0.5, 0.6) is 5.88 Å². The Morgan fingerprint density at radius 1 is 1.53 bits per heavy atom. The lowest BCUT2D eigenvalue weighted by atomic mass is 10.4. The fourth-order valence-corrected chi connectivity index (χ4v) is 1.27. The molecule has 1 saturated carbocycles. The zero-order valence-electron chi connectivity index (χ0n) is 9.07. The highest BCUT2D eigenvalue weighted by atomic mass is 16.5. The number of ether oxygens (including phenoxy) is 1. The highest BCUT2D eigenvalue weighted by molar-refractivity contribution is 5.27. The second kappa shape index (κ2) is 4.96. The molecule has 0 aliphatic heterocycles. The van der Waals surface area contributed by atoms with Gasteiger partial charge in [-0.05, 0) is 25.2 Å². The molecule has 0 amide bonds. The number of nitrogens with one attached hydrogen (secondary N) is 1. The summed E-state index contributed by atoms with van der Waals surface area (Å²) in [5.74, 6) is 2.16. The van der Waals surface area contributed by atoms with Crippen molar-refractivity contribution >= 4 is 5.95 Å². The van der Waals surface area contributed by atoms with Crippen molar-refractivity contribution in [3.8, 4) is 5.88 Å². The molecule has 0 radical (unpaired) electrons. The zero-order valence-corrected chi connectivity index (χ0v) is 9.07. The first-order valence-corrected chi connectivity index (χ1v) is 5.58. The molecule has 2 rings (SSSR count). The van der Waals surface area contributed by atoms with Gasteiger partial charge in [-0.1, -0.05) is 6.92 Å². The molecular weight excluding hydrogens is 190 g/mol. The molecule has 0 atom stereocenters. The van der Waals surface area contributed by atoms with Crippen LogP contribution in [0.25, 0.3) is 0 Å². The van der Waals surface area contributed by atoms with Crippen LogP contribution in [0.3, 0.4) is 0 Å². The van der Waals surface area contributed by atoms with Gasteiger partial charge in [0.1, 0.15) is 0 Å². The van der Waals surface area contributed by atoms with Crippen molar-refractivity contribution in [1.29, 1.82) is 0 Å². The Balaban J connectivity index is 1.85. The van der Waals surface area contributed by atoms with Gasteiger partial charge in [0.25, 0.3) is 0 Å². The van der Waals surface area contributed by atoms with Crippen molar-refractivity contribution in [2.24, 2.45) is 5.92 Å². The van der Waals surface area contributed by atoms with Crippen LogP contribution in [0.15, 0.2) is 12.3 Å². The summed E-state index contributed by atoms with van der Waals surface area (Å²) in [5, 5.41) is 3.22. The SMILES string of the molecule is CCCOc1ccnc(NCC2CC2)n1. The van der Waals surface area contributed by atoms with E-state index in [0.717, 1.165) is 18.9 Å². The van der Waals surface area contributed by atoms with E-state index in [-0.39, 0.29) is 0 Å². The largest absolute Gasteiger partial charge is 0.478 e. The molecule has 1 aliphatic carbocycles. The maximum Gasteiger partial charge on any atom is 0.225 e. The monoisotopic (exact) mass is 207 g/mol. The normalized spacial score (nSPS) is 15.0. The van der Waals surface area contributed by atoms with E-state index in [0.29, 0.717) is 18.4 Å². The summed E-state index contributed by atoms with van der Waals surface area (Å²) in [6.07, 6.45) is 5.39. The summed E-state index contributed by atoms with van der Waals surface area (Å²) in [7, 11) is 0. The van der Waals surface area contributed by atoms with E-state index >= 15 is 0 Å². The van der Waals surface area contributed by atoms with E-state index in [1.165, 1.54) is 12.8 Å². The van der Waals surface area contributed by atoms with E-state index in [9.17, 15) is 0 Å².